The second-order valence-electron chi connectivity index (χ2n) is 9.95. The van der Waals surface area contributed by atoms with Crippen molar-refractivity contribution in [3.05, 3.63) is 119 Å². The Hall–Kier alpha value is -5.22. The number of nitrogens with zero attached hydrogens (tertiary/aromatic N) is 1. The molecule has 1 aliphatic rings. The number of allylic oxidation sites excluding steroid dienone is 1. The van der Waals surface area contributed by atoms with E-state index in [9.17, 15) is 9.59 Å². The number of carbonyl (C=O) groups excluding carboxylic acids is 2. The van der Waals surface area contributed by atoms with Crippen molar-refractivity contribution in [2.75, 3.05) is 13.2 Å². The van der Waals surface area contributed by atoms with Gasteiger partial charge in [0.1, 0.15) is 18.1 Å². The molecule has 0 fully saturated rings. The molecule has 4 aromatic carbocycles. The first-order chi connectivity index (χ1) is 21.4. The summed E-state index contributed by atoms with van der Waals surface area (Å²) in [5.74, 6) is 0.232. The largest absolute Gasteiger partial charge is 0.489 e. The van der Waals surface area contributed by atoms with Gasteiger partial charge in [-0.3, -0.25) is 4.79 Å². The number of para-hydroxylation sites is 1. The average molecular weight is 609 g/mol. The summed E-state index contributed by atoms with van der Waals surface area (Å²) in [6, 6.07) is 28.4. The molecule has 0 radical (unpaired) electrons. The first-order valence-corrected chi connectivity index (χ1v) is 14.5. The molecule has 0 unspecified atom stereocenters. The number of hydrazone groups is 1. The molecule has 224 valence electrons. The summed E-state index contributed by atoms with van der Waals surface area (Å²) in [5.41, 5.74) is 5.96. The maximum Gasteiger partial charge on any atom is 0.338 e. The minimum Gasteiger partial charge on any atom is -0.489 e. The molecule has 1 heterocycles. The van der Waals surface area contributed by atoms with E-state index in [0.717, 1.165) is 16.9 Å². The molecule has 0 saturated carbocycles. The van der Waals surface area contributed by atoms with Crippen LogP contribution >= 0.6 is 12.2 Å². The summed E-state index contributed by atoms with van der Waals surface area (Å²) in [6.07, 6.45) is 1.54. The number of hydrogen-bond donors (Lipinski definition) is 3. The van der Waals surface area contributed by atoms with Gasteiger partial charge in [0.15, 0.2) is 11.7 Å². The number of carbonyl (C=O) groups is 2. The highest BCUT2D eigenvalue weighted by Crippen LogP contribution is 2.33. The molecule has 4 aromatic rings. The van der Waals surface area contributed by atoms with Gasteiger partial charge in [-0.05, 0) is 84.4 Å². The Balaban J connectivity index is 1.14. The molecular weight excluding hydrogens is 576 g/mol. The summed E-state index contributed by atoms with van der Waals surface area (Å²) in [5, 5.41) is 12.9. The van der Waals surface area contributed by atoms with Crippen LogP contribution in [0.1, 0.15) is 36.6 Å². The highest BCUT2D eigenvalue weighted by molar-refractivity contribution is 7.80. The van der Waals surface area contributed by atoms with Crippen molar-refractivity contribution < 1.29 is 23.8 Å². The highest BCUT2D eigenvalue weighted by Gasteiger charge is 2.32. The van der Waals surface area contributed by atoms with E-state index >= 15 is 0 Å². The number of fused-ring (bicyclic) bond motifs is 1. The van der Waals surface area contributed by atoms with Crippen LogP contribution in [0.25, 0.3) is 10.8 Å². The van der Waals surface area contributed by atoms with Gasteiger partial charge >= 0.3 is 5.97 Å². The monoisotopic (exact) mass is 608 g/mol. The first-order valence-electron chi connectivity index (χ1n) is 14.1. The number of thiocarbonyl (C=S) groups is 1. The molecule has 5 rings (SSSR count). The zero-order chi connectivity index (χ0) is 30.9. The Morgan fingerprint density at radius 2 is 1.70 bits per heavy atom. The van der Waals surface area contributed by atoms with E-state index in [4.69, 9.17) is 26.4 Å². The smallest absolute Gasteiger partial charge is 0.338 e. The van der Waals surface area contributed by atoms with Gasteiger partial charge in [-0.25, -0.2) is 10.2 Å². The molecule has 1 aliphatic heterocycles. The molecule has 0 aromatic heterocycles. The zero-order valence-electron chi connectivity index (χ0n) is 24.3. The molecule has 0 saturated heterocycles. The number of esters is 1. The normalized spacial score (nSPS) is 14.6. The maximum atomic E-state index is 12.7. The molecule has 0 bridgehead atoms. The van der Waals surface area contributed by atoms with Gasteiger partial charge in [0.05, 0.1) is 24.4 Å². The summed E-state index contributed by atoms with van der Waals surface area (Å²) in [4.78, 5) is 25.2. The van der Waals surface area contributed by atoms with E-state index in [0.29, 0.717) is 34.3 Å². The van der Waals surface area contributed by atoms with Crippen LogP contribution < -0.4 is 25.5 Å². The minimum atomic E-state index is -0.611. The second kappa shape index (κ2) is 14.3. The van der Waals surface area contributed by atoms with Crippen LogP contribution in [-0.2, 0) is 20.9 Å². The van der Waals surface area contributed by atoms with Crippen molar-refractivity contribution in [1.82, 2.24) is 16.1 Å². The Morgan fingerprint density at radius 1 is 0.955 bits per heavy atom. The molecule has 44 heavy (non-hydrogen) atoms. The lowest BCUT2D eigenvalue weighted by Crippen LogP contribution is -2.45. The Kier molecular flexibility index (Phi) is 9.83. The number of nitrogens with one attached hydrogen (secondary N) is 3. The lowest BCUT2D eigenvalue weighted by atomic mass is 9.95. The third-order valence-electron chi connectivity index (χ3n) is 6.86. The summed E-state index contributed by atoms with van der Waals surface area (Å²) in [6.45, 7) is 3.90. The zero-order valence-corrected chi connectivity index (χ0v) is 25.1. The highest BCUT2D eigenvalue weighted by atomic mass is 32.1. The molecule has 0 spiro atoms. The molecule has 10 heteroatoms. The van der Waals surface area contributed by atoms with Crippen molar-refractivity contribution in [2.45, 2.75) is 26.5 Å². The third kappa shape index (κ3) is 7.59. The molecule has 1 atom stereocenters. The van der Waals surface area contributed by atoms with Crippen LogP contribution in [0.15, 0.2) is 107 Å². The van der Waals surface area contributed by atoms with Crippen molar-refractivity contribution in [3.63, 3.8) is 0 Å². The Morgan fingerprint density at radius 3 is 2.50 bits per heavy atom. The first kappa shape index (κ1) is 30.2. The van der Waals surface area contributed by atoms with Gasteiger partial charge in [0.25, 0.3) is 5.91 Å². The van der Waals surface area contributed by atoms with Gasteiger partial charge in [-0.15, -0.1) is 0 Å². The predicted molar refractivity (Wildman–Crippen MR) is 173 cm³/mol. The fourth-order valence-electron chi connectivity index (χ4n) is 4.76. The average Bonchev–Trinajstić information content (AvgIpc) is 3.03. The van der Waals surface area contributed by atoms with Gasteiger partial charge < -0.3 is 24.8 Å². The van der Waals surface area contributed by atoms with E-state index < -0.39 is 17.9 Å². The number of rotatable bonds is 11. The number of hydrogen-bond acceptors (Lipinski definition) is 7. The van der Waals surface area contributed by atoms with E-state index in [1.165, 1.54) is 17.0 Å². The van der Waals surface area contributed by atoms with Crippen LogP contribution in [0.2, 0.25) is 0 Å². The maximum absolute atomic E-state index is 12.7. The summed E-state index contributed by atoms with van der Waals surface area (Å²) < 4.78 is 17.0. The number of benzene rings is 4. The molecule has 3 N–H and O–H groups in total. The van der Waals surface area contributed by atoms with Gasteiger partial charge in [-0.2, -0.15) is 5.10 Å². The second-order valence-corrected chi connectivity index (χ2v) is 10.4. The van der Waals surface area contributed by atoms with Crippen LogP contribution in [0.4, 0.5) is 0 Å². The van der Waals surface area contributed by atoms with E-state index in [-0.39, 0.29) is 13.2 Å². The fourth-order valence-corrected chi connectivity index (χ4v) is 5.03. The van der Waals surface area contributed by atoms with Crippen LogP contribution in [-0.4, -0.2) is 36.4 Å². The van der Waals surface area contributed by atoms with Crippen molar-refractivity contribution in [3.8, 4) is 11.5 Å². The fraction of sp³-hybridized carbons (Fsp3) is 0.176. The van der Waals surface area contributed by atoms with Crippen LogP contribution in [0.3, 0.4) is 0 Å². The van der Waals surface area contributed by atoms with Crippen molar-refractivity contribution in [1.29, 1.82) is 0 Å². The van der Waals surface area contributed by atoms with E-state index in [1.807, 2.05) is 42.5 Å². The van der Waals surface area contributed by atoms with Crippen LogP contribution in [0.5, 0.6) is 11.5 Å². The third-order valence-corrected chi connectivity index (χ3v) is 7.08. The summed E-state index contributed by atoms with van der Waals surface area (Å²) in [7, 11) is 0. The summed E-state index contributed by atoms with van der Waals surface area (Å²) >= 11 is 5.32. The molecule has 9 nitrogen and oxygen atoms in total. The topological polar surface area (TPSA) is 110 Å². The molecular formula is C34H32N4O5S. The minimum absolute atomic E-state index is 0.232. The van der Waals surface area contributed by atoms with Crippen molar-refractivity contribution in [2.24, 2.45) is 5.10 Å². The SMILES string of the molecule is CCOC(=O)C1=C(C)NC(=S)N[C@@H]1c1ccccc1OCC(=O)NN=Cc1ccc(OCc2ccc3ccccc3c2)cc1. The number of ether oxygens (including phenoxy) is 3. The van der Waals surface area contributed by atoms with Gasteiger partial charge in [0.2, 0.25) is 0 Å². The van der Waals surface area contributed by atoms with Gasteiger partial charge in [0, 0.05) is 11.3 Å². The standard InChI is InChI=1S/C34H32N4O5S/c1-3-41-33(40)31-22(2)36-34(44)37-32(31)28-10-6-7-11-29(28)43-21-30(39)38-35-19-23-13-16-27(17-14-23)42-20-24-12-15-25-8-4-5-9-26(25)18-24/h4-19,32H,3,20-21H2,1-2H3,(H,38,39)(H2,36,37,44)/t32-/m1/s1. The Bertz CT molecular complexity index is 1740. The lowest BCUT2D eigenvalue weighted by molar-refractivity contribution is -0.139. The Labute approximate surface area is 260 Å². The predicted octanol–water partition coefficient (Wildman–Crippen LogP) is 5.30. The molecule has 0 aliphatic carbocycles. The van der Waals surface area contributed by atoms with E-state index in [1.54, 1.807) is 32.0 Å². The molecule has 1 amide bonds. The lowest BCUT2D eigenvalue weighted by Gasteiger charge is -2.30. The van der Waals surface area contributed by atoms with E-state index in [2.05, 4.69) is 51.5 Å². The van der Waals surface area contributed by atoms with Crippen molar-refractivity contribution >= 4 is 46.2 Å². The quantitative estimate of drug-likeness (QED) is 0.0911. The van der Waals surface area contributed by atoms with Crippen LogP contribution in [0, 0.1) is 0 Å². The number of amides is 1. The van der Waals surface area contributed by atoms with Gasteiger partial charge in [-0.1, -0.05) is 54.6 Å².